The van der Waals surface area contributed by atoms with Crippen LogP contribution in [0.4, 0.5) is 5.82 Å². The average Bonchev–Trinajstić information content (AvgIpc) is 3.56. The summed E-state index contributed by atoms with van der Waals surface area (Å²) in [6, 6.07) is 18.9. The first-order valence-electron chi connectivity index (χ1n) is 11.9. The van der Waals surface area contributed by atoms with E-state index in [9.17, 15) is 9.59 Å². The molecule has 3 aromatic rings. The number of nitrogens with one attached hydrogen (secondary N) is 1. The fourth-order valence-corrected chi connectivity index (χ4v) is 5.49. The normalized spacial score (nSPS) is 18.4. The molecule has 7 heteroatoms. The zero-order valence-electron chi connectivity index (χ0n) is 19.0. The van der Waals surface area contributed by atoms with E-state index in [4.69, 9.17) is 16.3 Å². The number of ether oxygens (including phenoxy) is 1. The second-order valence-electron chi connectivity index (χ2n) is 9.10. The molecule has 6 nitrogen and oxygen atoms in total. The van der Waals surface area contributed by atoms with Crippen LogP contribution in [0, 0.1) is 5.92 Å². The number of hydrogen-bond acceptors (Lipinski definition) is 5. The van der Waals surface area contributed by atoms with E-state index in [1.807, 2.05) is 48.5 Å². The Labute approximate surface area is 203 Å². The van der Waals surface area contributed by atoms with Crippen LogP contribution in [0.3, 0.4) is 0 Å². The molecule has 0 spiro atoms. The number of nitrogens with zero attached hydrogens (tertiary/aromatic N) is 2. The summed E-state index contributed by atoms with van der Waals surface area (Å²) < 4.78 is 7.04. The number of aromatic nitrogens is 2. The molecule has 2 unspecified atom stereocenters. The summed E-state index contributed by atoms with van der Waals surface area (Å²) in [4.78, 5) is 30.9. The van der Waals surface area contributed by atoms with E-state index in [1.165, 1.54) is 17.4 Å². The van der Waals surface area contributed by atoms with Crippen molar-refractivity contribution in [3.05, 3.63) is 93.0 Å². The SMILES string of the molecule is O=C(OCc1ccccc1)C1CCc2c(Cl)nc(NC(c3ccccc3)C3CCCC3)c(=O)n21. The largest absolute Gasteiger partial charge is 0.459 e. The molecule has 34 heavy (non-hydrogen) atoms. The number of carbonyl (C=O) groups is 1. The van der Waals surface area contributed by atoms with Crippen LogP contribution in [0.2, 0.25) is 5.15 Å². The van der Waals surface area contributed by atoms with Gasteiger partial charge in [0, 0.05) is 0 Å². The number of fused-ring (bicyclic) bond motifs is 1. The van der Waals surface area contributed by atoms with E-state index in [-0.39, 0.29) is 29.2 Å². The van der Waals surface area contributed by atoms with Crippen LogP contribution in [0.25, 0.3) is 0 Å². The van der Waals surface area contributed by atoms with Crippen molar-refractivity contribution in [1.82, 2.24) is 9.55 Å². The summed E-state index contributed by atoms with van der Waals surface area (Å²) in [5, 5.41) is 3.68. The van der Waals surface area contributed by atoms with E-state index in [1.54, 1.807) is 0 Å². The molecule has 0 bridgehead atoms. The molecule has 2 heterocycles. The molecule has 1 fully saturated rings. The first-order chi connectivity index (χ1) is 16.6. The number of hydrogen-bond donors (Lipinski definition) is 1. The van der Waals surface area contributed by atoms with Gasteiger partial charge in [-0.1, -0.05) is 85.1 Å². The predicted octanol–water partition coefficient (Wildman–Crippen LogP) is 5.47. The van der Waals surface area contributed by atoms with Crippen molar-refractivity contribution >= 4 is 23.4 Å². The molecule has 1 aromatic heterocycles. The lowest BCUT2D eigenvalue weighted by Crippen LogP contribution is -2.33. The second kappa shape index (κ2) is 10.0. The van der Waals surface area contributed by atoms with Gasteiger partial charge in [0.1, 0.15) is 12.6 Å². The van der Waals surface area contributed by atoms with E-state index in [0.29, 0.717) is 24.5 Å². The van der Waals surface area contributed by atoms with E-state index in [2.05, 4.69) is 22.4 Å². The van der Waals surface area contributed by atoms with Crippen LogP contribution in [0.1, 0.15) is 61.0 Å². The lowest BCUT2D eigenvalue weighted by Gasteiger charge is -2.26. The first-order valence-corrected chi connectivity index (χ1v) is 12.3. The van der Waals surface area contributed by atoms with Gasteiger partial charge < -0.3 is 10.1 Å². The lowest BCUT2D eigenvalue weighted by atomic mass is 9.91. The summed E-state index contributed by atoms with van der Waals surface area (Å²) in [5.74, 6) is 0.179. The van der Waals surface area contributed by atoms with Crippen LogP contribution in [-0.2, 0) is 22.6 Å². The highest BCUT2D eigenvalue weighted by atomic mass is 35.5. The number of anilines is 1. The molecule has 1 aliphatic heterocycles. The number of rotatable bonds is 7. The fraction of sp³-hybridized carbons (Fsp3) is 0.370. The van der Waals surface area contributed by atoms with Crippen LogP contribution in [0.15, 0.2) is 65.5 Å². The Morgan fingerprint density at radius 3 is 2.44 bits per heavy atom. The van der Waals surface area contributed by atoms with Crippen molar-refractivity contribution in [3.63, 3.8) is 0 Å². The maximum Gasteiger partial charge on any atom is 0.329 e. The first kappa shape index (κ1) is 22.7. The van der Waals surface area contributed by atoms with Crippen molar-refractivity contribution in [1.29, 1.82) is 0 Å². The Hall–Kier alpha value is -3.12. The molecule has 2 aromatic carbocycles. The summed E-state index contributed by atoms with van der Waals surface area (Å²) in [6.07, 6.45) is 5.54. The van der Waals surface area contributed by atoms with Gasteiger partial charge in [-0.05, 0) is 42.7 Å². The minimum Gasteiger partial charge on any atom is -0.459 e. The highest BCUT2D eigenvalue weighted by Crippen LogP contribution is 2.38. The Balaban J connectivity index is 1.42. The molecule has 176 valence electrons. The molecule has 2 atom stereocenters. The number of carbonyl (C=O) groups excluding carboxylic acids is 1. The van der Waals surface area contributed by atoms with Crippen molar-refractivity contribution in [2.45, 2.75) is 57.2 Å². The van der Waals surface area contributed by atoms with Gasteiger partial charge in [-0.25, -0.2) is 9.78 Å². The van der Waals surface area contributed by atoms with Gasteiger partial charge in [-0.2, -0.15) is 0 Å². The lowest BCUT2D eigenvalue weighted by molar-refractivity contribution is -0.148. The van der Waals surface area contributed by atoms with E-state index >= 15 is 0 Å². The predicted molar refractivity (Wildman–Crippen MR) is 132 cm³/mol. The topological polar surface area (TPSA) is 73.2 Å². The summed E-state index contributed by atoms with van der Waals surface area (Å²) in [6.45, 7) is 0.169. The second-order valence-corrected chi connectivity index (χ2v) is 9.46. The maximum atomic E-state index is 13.6. The highest BCUT2D eigenvalue weighted by molar-refractivity contribution is 6.30. The minimum absolute atomic E-state index is 0.0384. The number of benzene rings is 2. The quantitative estimate of drug-likeness (QED) is 0.457. The Morgan fingerprint density at radius 1 is 1.06 bits per heavy atom. The van der Waals surface area contributed by atoms with Gasteiger partial charge in [0.25, 0.3) is 5.56 Å². The van der Waals surface area contributed by atoms with Gasteiger partial charge in [-0.3, -0.25) is 9.36 Å². The third-order valence-electron chi connectivity index (χ3n) is 6.94. The molecule has 5 rings (SSSR count). The Bertz CT molecular complexity index is 1210. The van der Waals surface area contributed by atoms with Crippen LogP contribution in [0.5, 0.6) is 0 Å². The minimum atomic E-state index is -0.700. The monoisotopic (exact) mass is 477 g/mol. The van der Waals surface area contributed by atoms with Gasteiger partial charge in [0.05, 0.1) is 11.7 Å². The summed E-state index contributed by atoms with van der Waals surface area (Å²) >= 11 is 6.52. The molecule has 0 radical (unpaired) electrons. The molecular weight excluding hydrogens is 450 g/mol. The Kier molecular flexibility index (Phi) is 6.68. The maximum absolute atomic E-state index is 13.6. The highest BCUT2D eigenvalue weighted by Gasteiger charge is 2.35. The summed E-state index contributed by atoms with van der Waals surface area (Å²) in [5.41, 5.74) is 2.29. The Morgan fingerprint density at radius 2 is 1.74 bits per heavy atom. The standard InChI is InChI=1S/C27H28ClN3O3/c28-24-21-15-16-22(27(33)34-17-18-9-3-1-4-10-18)31(21)26(32)25(30-24)29-23(20-13-7-8-14-20)19-11-5-2-6-12-19/h1-6,9-12,20,22-23H,7-8,13-17H2,(H,29,30). The molecule has 2 aliphatic rings. The molecule has 0 amide bonds. The van der Waals surface area contributed by atoms with Crippen LogP contribution >= 0.6 is 11.6 Å². The molecular formula is C27H28ClN3O3. The number of esters is 1. The van der Waals surface area contributed by atoms with Gasteiger partial charge in [0.15, 0.2) is 11.0 Å². The zero-order chi connectivity index (χ0) is 23.5. The van der Waals surface area contributed by atoms with Crippen molar-refractivity contribution in [2.75, 3.05) is 5.32 Å². The van der Waals surface area contributed by atoms with Crippen molar-refractivity contribution in [3.8, 4) is 0 Å². The molecule has 1 N–H and O–H groups in total. The van der Waals surface area contributed by atoms with E-state index < -0.39 is 12.0 Å². The van der Waals surface area contributed by atoms with Gasteiger partial charge >= 0.3 is 5.97 Å². The van der Waals surface area contributed by atoms with Crippen molar-refractivity contribution < 1.29 is 9.53 Å². The third-order valence-corrected chi connectivity index (χ3v) is 7.25. The van der Waals surface area contributed by atoms with Gasteiger partial charge in [-0.15, -0.1) is 0 Å². The van der Waals surface area contributed by atoms with E-state index in [0.717, 1.165) is 24.0 Å². The summed E-state index contributed by atoms with van der Waals surface area (Å²) in [7, 11) is 0. The molecule has 0 saturated heterocycles. The van der Waals surface area contributed by atoms with Crippen LogP contribution in [-0.4, -0.2) is 15.5 Å². The third kappa shape index (κ3) is 4.60. The van der Waals surface area contributed by atoms with Crippen LogP contribution < -0.4 is 10.9 Å². The van der Waals surface area contributed by atoms with Crippen molar-refractivity contribution in [2.24, 2.45) is 5.92 Å². The zero-order valence-corrected chi connectivity index (χ0v) is 19.7. The fourth-order valence-electron chi connectivity index (χ4n) is 5.22. The smallest absolute Gasteiger partial charge is 0.329 e. The van der Waals surface area contributed by atoms with Gasteiger partial charge in [0.2, 0.25) is 0 Å². The average molecular weight is 478 g/mol. The number of halogens is 1. The molecule has 1 saturated carbocycles. The molecule has 1 aliphatic carbocycles.